The van der Waals surface area contributed by atoms with Crippen LogP contribution in [0, 0.1) is 0 Å². The summed E-state index contributed by atoms with van der Waals surface area (Å²) in [4.78, 5) is 10.4. The maximum Gasteiger partial charge on any atom is 0.406 e. The Balaban J connectivity index is 3.26. The van der Waals surface area contributed by atoms with E-state index in [4.69, 9.17) is 5.11 Å². The lowest BCUT2D eigenvalue weighted by atomic mass is 10.3. The molecule has 0 aromatic carbocycles. The van der Waals surface area contributed by atoms with Gasteiger partial charge in [-0.05, 0) is 6.42 Å². The second kappa shape index (κ2) is 5.05. The van der Waals surface area contributed by atoms with Crippen LogP contribution in [-0.2, 0) is 4.74 Å². The molecule has 0 rings (SSSR count). The van der Waals surface area contributed by atoms with Crippen molar-refractivity contribution in [1.29, 1.82) is 0 Å². The topological polar surface area (TPSA) is 58.6 Å². The molecular formula is C6H13NO3. The zero-order valence-corrected chi connectivity index (χ0v) is 6.26. The van der Waals surface area contributed by atoms with Crippen molar-refractivity contribution < 1.29 is 14.6 Å². The Morgan fingerprint density at radius 3 is 2.80 bits per heavy atom. The van der Waals surface area contributed by atoms with E-state index in [0.717, 1.165) is 0 Å². The third kappa shape index (κ3) is 4.14. The van der Waals surface area contributed by atoms with Crippen LogP contribution in [0.25, 0.3) is 0 Å². The van der Waals surface area contributed by atoms with Gasteiger partial charge in [-0.1, -0.05) is 6.92 Å². The van der Waals surface area contributed by atoms with Crippen molar-refractivity contribution in [3.05, 3.63) is 0 Å². The summed E-state index contributed by atoms with van der Waals surface area (Å²) in [5.41, 5.74) is 0. The molecule has 0 saturated carbocycles. The van der Waals surface area contributed by atoms with Crippen molar-refractivity contribution in [3.8, 4) is 0 Å². The first-order valence-electron chi connectivity index (χ1n) is 3.23. The molecule has 1 amide bonds. The van der Waals surface area contributed by atoms with Gasteiger partial charge in [-0.3, -0.25) is 0 Å². The highest BCUT2D eigenvalue weighted by molar-refractivity contribution is 5.66. The Morgan fingerprint density at radius 2 is 2.40 bits per heavy atom. The molecule has 0 saturated heterocycles. The van der Waals surface area contributed by atoms with Gasteiger partial charge < -0.3 is 15.2 Å². The molecule has 0 aromatic heterocycles. The fraction of sp³-hybridized carbons (Fsp3) is 0.833. The second-order valence-electron chi connectivity index (χ2n) is 1.91. The summed E-state index contributed by atoms with van der Waals surface area (Å²) in [6.07, 6.45) is -0.457. The molecule has 0 aliphatic rings. The quantitative estimate of drug-likeness (QED) is 0.595. The van der Waals surface area contributed by atoms with Crippen molar-refractivity contribution in [2.45, 2.75) is 19.4 Å². The highest BCUT2D eigenvalue weighted by Gasteiger charge is 2.03. The van der Waals surface area contributed by atoms with Gasteiger partial charge in [0.25, 0.3) is 0 Å². The summed E-state index contributed by atoms with van der Waals surface area (Å²) in [7, 11) is 1.47. The summed E-state index contributed by atoms with van der Waals surface area (Å²) in [6.45, 7) is 1.88. The zero-order valence-electron chi connectivity index (χ0n) is 6.26. The first-order valence-corrected chi connectivity index (χ1v) is 3.23. The fourth-order valence-electron chi connectivity index (χ4n) is 0.362. The van der Waals surface area contributed by atoms with Crippen molar-refractivity contribution in [3.63, 3.8) is 0 Å². The first kappa shape index (κ1) is 9.23. The van der Waals surface area contributed by atoms with Crippen LogP contribution in [0.1, 0.15) is 13.3 Å². The van der Waals surface area contributed by atoms with Gasteiger partial charge in [0.15, 0.2) is 0 Å². The summed E-state index contributed by atoms with van der Waals surface area (Å²) >= 11 is 0. The number of carbonyl (C=O) groups is 1. The van der Waals surface area contributed by atoms with Crippen LogP contribution in [-0.4, -0.2) is 31.0 Å². The first-order chi connectivity index (χ1) is 4.70. The molecule has 0 spiro atoms. The zero-order chi connectivity index (χ0) is 7.98. The number of rotatable bonds is 3. The van der Waals surface area contributed by atoms with Gasteiger partial charge in [-0.25, -0.2) is 4.79 Å². The van der Waals surface area contributed by atoms with Crippen molar-refractivity contribution in [2.24, 2.45) is 0 Å². The van der Waals surface area contributed by atoms with E-state index < -0.39 is 12.2 Å². The molecule has 0 aliphatic heterocycles. The second-order valence-corrected chi connectivity index (χ2v) is 1.91. The number of ether oxygens (including phenoxy) is 1. The molecule has 60 valence electrons. The Labute approximate surface area is 60.2 Å². The number of aliphatic hydroxyl groups excluding tert-OH is 1. The van der Waals surface area contributed by atoms with Gasteiger partial charge >= 0.3 is 6.09 Å². The van der Waals surface area contributed by atoms with E-state index in [9.17, 15) is 4.79 Å². The van der Waals surface area contributed by atoms with Crippen LogP contribution in [0.15, 0.2) is 0 Å². The normalized spacial score (nSPS) is 12.3. The summed E-state index contributed by atoms with van der Waals surface area (Å²) in [5.74, 6) is 0. The number of amides is 1. The summed E-state index contributed by atoms with van der Waals surface area (Å²) in [6, 6.07) is 0. The number of alkyl carbamates (subject to hydrolysis) is 1. The van der Waals surface area contributed by atoms with Crippen LogP contribution in [0.4, 0.5) is 4.79 Å². The van der Waals surface area contributed by atoms with Crippen molar-refractivity contribution in [1.82, 2.24) is 5.32 Å². The Bertz CT molecular complexity index is 105. The predicted molar refractivity (Wildman–Crippen MR) is 36.7 cm³/mol. The molecule has 0 bridgehead atoms. The lowest BCUT2D eigenvalue weighted by Gasteiger charge is -2.07. The fourth-order valence-corrected chi connectivity index (χ4v) is 0.362. The van der Waals surface area contributed by atoms with Crippen LogP contribution >= 0.6 is 0 Å². The minimum absolute atomic E-state index is 0.0656. The lowest BCUT2D eigenvalue weighted by Crippen LogP contribution is -2.24. The molecule has 0 fully saturated rings. The average molecular weight is 147 g/mol. The molecule has 0 radical (unpaired) electrons. The summed E-state index contributed by atoms with van der Waals surface area (Å²) in [5, 5.41) is 11.2. The van der Waals surface area contributed by atoms with E-state index in [1.54, 1.807) is 0 Å². The van der Waals surface area contributed by atoms with E-state index in [0.29, 0.717) is 6.42 Å². The van der Waals surface area contributed by atoms with Crippen LogP contribution in [0.5, 0.6) is 0 Å². The monoisotopic (exact) mass is 147 g/mol. The largest absolute Gasteiger partial charge is 0.447 e. The van der Waals surface area contributed by atoms with E-state index in [2.05, 4.69) is 10.1 Å². The van der Waals surface area contributed by atoms with Crippen LogP contribution in [0.2, 0.25) is 0 Å². The Morgan fingerprint density at radius 1 is 1.80 bits per heavy atom. The predicted octanol–water partition coefficient (Wildman–Crippen LogP) is 0.113. The van der Waals surface area contributed by atoms with Gasteiger partial charge in [0, 0.05) is 7.05 Å². The number of nitrogens with one attached hydrogen (secondary N) is 1. The summed E-state index contributed by atoms with van der Waals surface area (Å²) < 4.78 is 4.54. The van der Waals surface area contributed by atoms with Gasteiger partial charge in [0.05, 0.1) is 6.10 Å². The average Bonchev–Trinajstić information content (AvgIpc) is 1.99. The Hall–Kier alpha value is -0.770. The van der Waals surface area contributed by atoms with Gasteiger partial charge in [-0.15, -0.1) is 0 Å². The standard InChI is InChI=1S/C6H13NO3/c1-3-5(8)4-10-6(9)7-2/h5,8H,3-4H2,1-2H3,(H,7,9). The van der Waals surface area contributed by atoms with Crippen molar-refractivity contribution in [2.75, 3.05) is 13.7 Å². The molecule has 0 aromatic rings. The molecule has 1 atom stereocenters. The van der Waals surface area contributed by atoms with Crippen LogP contribution < -0.4 is 5.32 Å². The molecule has 0 heterocycles. The number of carbonyl (C=O) groups excluding carboxylic acids is 1. The number of hydrogen-bond acceptors (Lipinski definition) is 3. The van der Waals surface area contributed by atoms with E-state index in [1.165, 1.54) is 7.05 Å². The molecule has 1 unspecified atom stereocenters. The molecule has 0 aliphatic carbocycles. The third-order valence-electron chi connectivity index (χ3n) is 1.08. The van der Waals surface area contributed by atoms with Gasteiger partial charge in [-0.2, -0.15) is 0 Å². The van der Waals surface area contributed by atoms with E-state index in [1.807, 2.05) is 6.92 Å². The highest BCUT2D eigenvalue weighted by Crippen LogP contribution is 1.90. The minimum atomic E-state index is -0.544. The molecular weight excluding hydrogens is 134 g/mol. The minimum Gasteiger partial charge on any atom is -0.447 e. The van der Waals surface area contributed by atoms with E-state index in [-0.39, 0.29) is 6.61 Å². The smallest absolute Gasteiger partial charge is 0.406 e. The van der Waals surface area contributed by atoms with E-state index >= 15 is 0 Å². The van der Waals surface area contributed by atoms with Crippen molar-refractivity contribution >= 4 is 6.09 Å². The maximum absolute atomic E-state index is 10.4. The third-order valence-corrected chi connectivity index (χ3v) is 1.08. The lowest BCUT2D eigenvalue weighted by molar-refractivity contribution is 0.0673. The molecule has 2 N–H and O–H groups in total. The van der Waals surface area contributed by atoms with Gasteiger partial charge in [0.2, 0.25) is 0 Å². The maximum atomic E-state index is 10.4. The number of hydrogen-bond donors (Lipinski definition) is 2. The van der Waals surface area contributed by atoms with Crippen LogP contribution in [0.3, 0.4) is 0 Å². The SMILES string of the molecule is CCC(O)COC(=O)NC. The number of aliphatic hydroxyl groups is 1. The molecule has 4 nitrogen and oxygen atoms in total. The van der Waals surface area contributed by atoms with Gasteiger partial charge in [0.1, 0.15) is 6.61 Å². The molecule has 10 heavy (non-hydrogen) atoms. The molecule has 4 heteroatoms. The highest BCUT2D eigenvalue weighted by atomic mass is 16.6. The Kier molecular flexibility index (Phi) is 4.66.